The normalized spacial score (nSPS) is 15.9. The van der Waals surface area contributed by atoms with Gasteiger partial charge in [-0.15, -0.1) is 0 Å². The summed E-state index contributed by atoms with van der Waals surface area (Å²) < 4.78 is 5.38. The van der Waals surface area contributed by atoms with Crippen LogP contribution in [0.2, 0.25) is 0 Å². The molecule has 2 aromatic rings. The molecule has 0 radical (unpaired) electrons. The molecule has 0 N–H and O–H groups in total. The molecule has 0 bridgehead atoms. The fourth-order valence-electron chi connectivity index (χ4n) is 2.69. The molecule has 1 aliphatic heterocycles. The Labute approximate surface area is 145 Å². The molecule has 0 saturated carbocycles. The Bertz CT molecular complexity index is 693. The molecule has 2 aromatic heterocycles. The Balaban J connectivity index is 1.60. The highest BCUT2D eigenvalue weighted by Crippen LogP contribution is 2.28. The van der Waals surface area contributed by atoms with E-state index < -0.39 is 0 Å². The third-order valence-electron chi connectivity index (χ3n) is 4.16. The van der Waals surface area contributed by atoms with Crippen LogP contribution in [0.3, 0.4) is 0 Å². The zero-order chi connectivity index (χ0) is 17.1. The van der Waals surface area contributed by atoms with Gasteiger partial charge in [-0.25, -0.2) is 9.97 Å². The first-order chi connectivity index (χ1) is 11.6. The van der Waals surface area contributed by atoms with Gasteiger partial charge in [0.25, 0.3) is 5.91 Å². The van der Waals surface area contributed by atoms with E-state index in [9.17, 15) is 4.79 Å². The molecule has 128 valence electrons. The minimum absolute atomic E-state index is 0.0190. The van der Waals surface area contributed by atoms with E-state index in [1.54, 1.807) is 12.4 Å². The first kappa shape index (κ1) is 16.9. The fourth-order valence-corrected chi connectivity index (χ4v) is 3.01. The lowest BCUT2D eigenvalue weighted by Crippen LogP contribution is -2.38. The highest BCUT2D eigenvalue weighted by Gasteiger charge is 2.28. The maximum absolute atomic E-state index is 12.5. The lowest BCUT2D eigenvalue weighted by Gasteiger charge is -2.30. The van der Waals surface area contributed by atoms with E-state index in [0.29, 0.717) is 29.7 Å². The highest BCUT2D eigenvalue weighted by atomic mass is 32.2. The average molecular weight is 347 g/mol. The molecule has 0 aromatic carbocycles. The number of likely N-dealkylation sites (tertiary alicyclic amines) is 1. The monoisotopic (exact) mass is 347 g/mol. The number of carbonyl (C=O) groups is 1. The first-order valence-electron chi connectivity index (χ1n) is 8.07. The van der Waals surface area contributed by atoms with Crippen LogP contribution in [0.1, 0.15) is 60.6 Å². The van der Waals surface area contributed by atoms with Crippen LogP contribution >= 0.6 is 11.8 Å². The summed E-state index contributed by atoms with van der Waals surface area (Å²) in [6.07, 6.45) is 6.76. The molecule has 0 aliphatic carbocycles. The van der Waals surface area contributed by atoms with E-state index in [1.807, 2.05) is 25.0 Å². The molecule has 24 heavy (non-hydrogen) atoms. The number of hydrogen-bond donors (Lipinski definition) is 0. The summed E-state index contributed by atoms with van der Waals surface area (Å²) in [7, 11) is 0. The lowest BCUT2D eigenvalue weighted by molar-refractivity contribution is 0.0703. The first-order valence-corrected chi connectivity index (χ1v) is 9.29. The van der Waals surface area contributed by atoms with Crippen LogP contribution in [-0.2, 0) is 0 Å². The van der Waals surface area contributed by atoms with Gasteiger partial charge in [0, 0.05) is 37.3 Å². The second-order valence-corrected chi connectivity index (χ2v) is 6.94. The molecule has 1 fully saturated rings. The second kappa shape index (κ2) is 7.29. The van der Waals surface area contributed by atoms with Gasteiger partial charge >= 0.3 is 0 Å². The molecular formula is C16H21N5O2S. The van der Waals surface area contributed by atoms with Gasteiger partial charge in [0.1, 0.15) is 0 Å². The number of carbonyl (C=O) groups excluding carboxylic acids is 1. The van der Waals surface area contributed by atoms with E-state index in [1.165, 1.54) is 11.8 Å². The predicted octanol–water partition coefficient (Wildman–Crippen LogP) is 2.72. The van der Waals surface area contributed by atoms with Crippen molar-refractivity contribution in [3.05, 3.63) is 29.7 Å². The maximum atomic E-state index is 12.5. The topological polar surface area (TPSA) is 85.0 Å². The molecule has 0 unspecified atom stereocenters. The summed E-state index contributed by atoms with van der Waals surface area (Å²) >= 11 is 1.46. The molecule has 1 amide bonds. The van der Waals surface area contributed by atoms with Crippen LogP contribution < -0.4 is 0 Å². The fraction of sp³-hybridized carbons (Fsp3) is 0.562. The van der Waals surface area contributed by atoms with Gasteiger partial charge in [-0.2, -0.15) is 4.98 Å². The number of rotatable bonds is 4. The molecule has 3 rings (SSSR count). The third kappa shape index (κ3) is 3.58. The predicted molar refractivity (Wildman–Crippen MR) is 90.1 cm³/mol. The van der Waals surface area contributed by atoms with Crippen LogP contribution in [0, 0.1) is 0 Å². The smallest absolute Gasteiger partial charge is 0.256 e. The molecule has 1 aliphatic rings. The third-order valence-corrected chi connectivity index (χ3v) is 4.74. The average Bonchev–Trinajstić information content (AvgIpc) is 3.12. The van der Waals surface area contributed by atoms with Crippen LogP contribution in [0.5, 0.6) is 0 Å². The van der Waals surface area contributed by atoms with Crippen LogP contribution in [0.15, 0.2) is 22.1 Å². The van der Waals surface area contributed by atoms with Crippen LogP contribution in [0.25, 0.3) is 0 Å². The molecule has 0 atom stereocenters. The van der Waals surface area contributed by atoms with Crippen molar-refractivity contribution in [2.24, 2.45) is 0 Å². The van der Waals surface area contributed by atoms with Crippen molar-refractivity contribution in [2.45, 2.75) is 43.7 Å². The van der Waals surface area contributed by atoms with Gasteiger partial charge in [0.15, 0.2) is 11.0 Å². The van der Waals surface area contributed by atoms with Crippen molar-refractivity contribution in [2.75, 3.05) is 19.3 Å². The van der Waals surface area contributed by atoms with E-state index in [-0.39, 0.29) is 17.7 Å². The van der Waals surface area contributed by atoms with Crippen molar-refractivity contribution < 1.29 is 9.32 Å². The summed E-state index contributed by atoms with van der Waals surface area (Å²) in [6, 6.07) is 0. The van der Waals surface area contributed by atoms with E-state index >= 15 is 0 Å². The molecule has 8 heteroatoms. The lowest BCUT2D eigenvalue weighted by atomic mass is 9.96. The van der Waals surface area contributed by atoms with Gasteiger partial charge in [-0.1, -0.05) is 30.8 Å². The second-order valence-electron chi connectivity index (χ2n) is 6.17. The minimum Gasteiger partial charge on any atom is -0.339 e. The van der Waals surface area contributed by atoms with E-state index in [4.69, 9.17) is 4.52 Å². The Kier molecular flexibility index (Phi) is 5.13. The Morgan fingerprint density at radius 1 is 1.29 bits per heavy atom. The van der Waals surface area contributed by atoms with Gasteiger partial charge in [-0.05, 0) is 19.1 Å². The summed E-state index contributed by atoms with van der Waals surface area (Å²) in [6.45, 7) is 5.43. The van der Waals surface area contributed by atoms with Gasteiger partial charge in [0.2, 0.25) is 5.89 Å². The standard InChI is InChI=1S/C16H21N5O2S/c1-10(2)13-19-14(23-20-13)11-4-6-21(7-5-11)15(22)12-8-17-16(24-3)18-9-12/h8-11H,4-7H2,1-3H3. The Morgan fingerprint density at radius 2 is 1.96 bits per heavy atom. The number of nitrogens with zero attached hydrogens (tertiary/aromatic N) is 5. The summed E-state index contributed by atoms with van der Waals surface area (Å²) in [5, 5.41) is 4.69. The van der Waals surface area contributed by atoms with Gasteiger partial charge in [-0.3, -0.25) is 4.79 Å². The number of amides is 1. The Morgan fingerprint density at radius 3 is 2.50 bits per heavy atom. The van der Waals surface area contributed by atoms with Crippen molar-refractivity contribution >= 4 is 17.7 Å². The molecule has 7 nitrogen and oxygen atoms in total. The van der Waals surface area contributed by atoms with Crippen molar-refractivity contribution in [3.63, 3.8) is 0 Å². The largest absolute Gasteiger partial charge is 0.339 e. The quantitative estimate of drug-likeness (QED) is 0.621. The maximum Gasteiger partial charge on any atom is 0.256 e. The minimum atomic E-state index is -0.0190. The molecular weight excluding hydrogens is 326 g/mol. The van der Waals surface area contributed by atoms with Crippen molar-refractivity contribution in [3.8, 4) is 0 Å². The van der Waals surface area contributed by atoms with Gasteiger partial charge in [0.05, 0.1) is 5.56 Å². The molecule has 3 heterocycles. The van der Waals surface area contributed by atoms with Crippen molar-refractivity contribution in [1.82, 2.24) is 25.0 Å². The summed E-state index contributed by atoms with van der Waals surface area (Å²) in [4.78, 5) is 27.2. The molecule has 0 spiro atoms. The van der Waals surface area contributed by atoms with E-state index in [0.717, 1.165) is 18.7 Å². The summed E-state index contributed by atoms with van der Waals surface area (Å²) in [5.74, 6) is 1.90. The highest BCUT2D eigenvalue weighted by molar-refractivity contribution is 7.98. The SMILES string of the molecule is CSc1ncc(C(=O)N2CCC(c3nc(C(C)C)no3)CC2)cn1. The number of hydrogen-bond acceptors (Lipinski definition) is 7. The number of thioether (sulfide) groups is 1. The zero-order valence-corrected chi connectivity index (χ0v) is 14.9. The molecule has 1 saturated heterocycles. The van der Waals surface area contributed by atoms with E-state index in [2.05, 4.69) is 20.1 Å². The van der Waals surface area contributed by atoms with Crippen LogP contribution in [0.4, 0.5) is 0 Å². The Hall–Kier alpha value is -1.96. The van der Waals surface area contributed by atoms with Crippen LogP contribution in [-0.4, -0.2) is 50.3 Å². The van der Waals surface area contributed by atoms with Crippen molar-refractivity contribution in [1.29, 1.82) is 0 Å². The zero-order valence-electron chi connectivity index (χ0n) is 14.1. The number of piperidine rings is 1. The van der Waals surface area contributed by atoms with Gasteiger partial charge < -0.3 is 9.42 Å². The summed E-state index contributed by atoms with van der Waals surface area (Å²) in [5.41, 5.74) is 0.533. The number of aromatic nitrogens is 4.